The molecule has 0 spiro atoms. The minimum absolute atomic E-state index is 0.141. The van der Waals surface area contributed by atoms with Crippen LogP contribution >= 0.6 is 11.5 Å². The fraction of sp³-hybridized carbons (Fsp3) is 0.636. The molecule has 2 aromatic rings. The maximum Gasteiger partial charge on any atom is 0.273 e. The van der Waals surface area contributed by atoms with Gasteiger partial charge in [0.2, 0.25) is 0 Å². The summed E-state index contributed by atoms with van der Waals surface area (Å²) >= 11 is 1.17. The molecule has 0 saturated heterocycles. The van der Waals surface area contributed by atoms with Crippen LogP contribution in [0.4, 0.5) is 0 Å². The minimum Gasteiger partial charge on any atom is -0.291 e. The quantitative estimate of drug-likeness (QED) is 0.907. The Labute approximate surface area is 127 Å². The van der Waals surface area contributed by atoms with E-state index in [1.165, 1.54) is 16.1 Å². The molecule has 2 rings (SSSR count). The van der Waals surface area contributed by atoms with Crippen LogP contribution in [0.1, 0.15) is 46.2 Å². The van der Waals surface area contributed by atoms with Crippen LogP contribution in [0.2, 0.25) is 0 Å². The molecular weight excluding hydrogens is 312 g/mol. The number of hydrogen-bond donors (Lipinski definition) is 1. The Bertz CT molecular complexity index is 754. The fourth-order valence-electron chi connectivity index (χ4n) is 1.94. The predicted molar refractivity (Wildman–Crippen MR) is 79.4 cm³/mol. The molecule has 0 aliphatic carbocycles. The Kier molecular flexibility index (Phi) is 3.89. The van der Waals surface area contributed by atoms with Gasteiger partial charge in [0.25, 0.3) is 15.2 Å². The molecule has 116 valence electrons. The first-order valence-corrected chi connectivity index (χ1v) is 8.66. The van der Waals surface area contributed by atoms with Crippen LogP contribution < -0.4 is 5.14 Å². The van der Waals surface area contributed by atoms with E-state index in [0.717, 1.165) is 5.69 Å². The third kappa shape index (κ3) is 2.97. The number of rotatable bonds is 3. The van der Waals surface area contributed by atoms with Crippen LogP contribution in [-0.2, 0) is 15.6 Å². The summed E-state index contributed by atoms with van der Waals surface area (Å²) in [6, 6.07) is 0. The Morgan fingerprint density at radius 1 is 1.19 bits per heavy atom. The summed E-state index contributed by atoms with van der Waals surface area (Å²) in [7, 11) is -3.97. The van der Waals surface area contributed by atoms with Crippen LogP contribution in [0.3, 0.4) is 0 Å². The highest BCUT2D eigenvalue weighted by Gasteiger charge is 2.31. The normalized spacial score (nSPS) is 13.1. The van der Waals surface area contributed by atoms with Crippen molar-refractivity contribution in [2.24, 2.45) is 5.14 Å². The molecular formula is C11H18N6O2S2. The highest BCUT2D eigenvalue weighted by atomic mass is 32.2. The highest BCUT2D eigenvalue weighted by Crippen LogP contribution is 2.33. The van der Waals surface area contributed by atoms with E-state index in [4.69, 9.17) is 5.14 Å². The van der Waals surface area contributed by atoms with E-state index in [-0.39, 0.29) is 11.1 Å². The smallest absolute Gasteiger partial charge is 0.273 e. The lowest BCUT2D eigenvalue weighted by atomic mass is 10.1. The molecule has 10 heteroatoms. The van der Waals surface area contributed by atoms with Gasteiger partial charge in [0.15, 0.2) is 5.82 Å². The van der Waals surface area contributed by atoms with E-state index >= 15 is 0 Å². The number of aromatic nitrogens is 5. The molecule has 0 atom stereocenters. The van der Waals surface area contributed by atoms with Crippen molar-refractivity contribution < 1.29 is 8.42 Å². The molecule has 21 heavy (non-hydrogen) atoms. The summed E-state index contributed by atoms with van der Waals surface area (Å²) in [5, 5.41) is 16.9. The van der Waals surface area contributed by atoms with E-state index in [2.05, 4.69) is 19.8 Å². The van der Waals surface area contributed by atoms with Crippen LogP contribution in [0, 0.1) is 0 Å². The highest BCUT2D eigenvalue weighted by molar-refractivity contribution is 7.89. The SMILES string of the molecule is CC(C)c1nnsc1-c1nnc(S(N)(=O)=O)n1C(C)(C)C. The van der Waals surface area contributed by atoms with E-state index in [9.17, 15) is 8.42 Å². The van der Waals surface area contributed by atoms with Gasteiger partial charge in [-0.3, -0.25) is 4.57 Å². The first-order valence-electron chi connectivity index (χ1n) is 6.34. The van der Waals surface area contributed by atoms with E-state index in [1.807, 2.05) is 34.6 Å². The van der Waals surface area contributed by atoms with Gasteiger partial charge >= 0.3 is 0 Å². The Hall–Kier alpha value is -1.39. The summed E-state index contributed by atoms with van der Waals surface area (Å²) in [6.45, 7) is 9.55. The largest absolute Gasteiger partial charge is 0.291 e. The zero-order chi connectivity index (χ0) is 16.0. The monoisotopic (exact) mass is 330 g/mol. The third-order valence-electron chi connectivity index (χ3n) is 2.82. The zero-order valence-corrected chi connectivity index (χ0v) is 14.2. The lowest BCUT2D eigenvalue weighted by Crippen LogP contribution is -2.29. The lowest BCUT2D eigenvalue weighted by Gasteiger charge is -2.24. The summed E-state index contributed by atoms with van der Waals surface area (Å²) < 4.78 is 28.9. The fourth-order valence-corrected chi connectivity index (χ4v) is 3.50. The van der Waals surface area contributed by atoms with Crippen LogP contribution in [0.5, 0.6) is 0 Å². The minimum atomic E-state index is -3.97. The van der Waals surface area contributed by atoms with Crippen LogP contribution in [0.15, 0.2) is 5.16 Å². The molecule has 0 unspecified atom stereocenters. The van der Waals surface area contributed by atoms with Crippen LogP contribution in [0.25, 0.3) is 10.7 Å². The molecule has 0 saturated carbocycles. The molecule has 0 bridgehead atoms. The maximum absolute atomic E-state index is 11.7. The first-order chi connectivity index (χ1) is 9.53. The molecule has 0 aliphatic heterocycles. The van der Waals surface area contributed by atoms with Gasteiger partial charge in [-0.25, -0.2) is 13.6 Å². The van der Waals surface area contributed by atoms with E-state index in [0.29, 0.717) is 10.7 Å². The molecule has 0 aromatic carbocycles. The molecule has 2 aromatic heterocycles. The summed E-state index contributed by atoms with van der Waals surface area (Å²) in [4.78, 5) is 0.710. The Morgan fingerprint density at radius 3 is 2.29 bits per heavy atom. The van der Waals surface area contributed by atoms with Gasteiger partial charge in [0.1, 0.15) is 4.88 Å². The number of nitrogens with two attached hydrogens (primary N) is 1. The van der Waals surface area contributed by atoms with E-state index < -0.39 is 15.6 Å². The van der Waals surface area contributed by atoms with Crippen molar-refractivity contribution in [1.29, 1.82) is 0 Å². The standard InChI is InChI=1S/C11H18N6O2S2/c1-6(2)7-8(20-16-13-7)9-14-15-10(21(12,18)19)17(9)11(3,4)5/h6H,1-5H3,(H2,12,18,19). The predicted octanol–water partition coefficient (Wildman–Crippen LogP) is 1.32. The van der Waals surface area contributed by atoms with Gasteiger partial charge in [-0.2, -0.15) is 0 Å². The van der Waals surface area contributed by atoms with Gasteiger partial charge < -0.3 is 0 Å². The Morgan fingerprint density at radius 2 is 1.81 bits per heavy atom. The van der Waals surface area contributed by atoms with Gasteiger partial charge in [-0.05, 0) is 38.2 Å². The van der Waals surface area contributed by atoms with Crippen molar-refractivity contribution in [2.45, 2.75) is 51.2 Å². The van der Waals surface area contributed by atoms with Gasteiger partial charge in [-0.1, -0.05) is 18.3 Å². The van der Waals surface area contributed by atoms with Crippen molar-refractivity contribution in [2.75, 3.05) is 0 Å². The maximum atomic E-state index is 11.7. The van der Waals surface area contributed by atoms with Crippen molar-refractivity contribution >= 4 is 21.6 Å². The number of hydrogen-bond acceptors (Lipinski definition) is 7. The third-order valence-corrected chi connectivity index (χ3v) is 4.33. The van der Waals surface area contributed by atoms with Crippen LogP contribution in [-0.4, -0.2) is 32.8 Å². The van der Waals surface area contributed by atoms with Gasteiger partial charge in [-0.15, -0.1) is 15.3 Å². The number of nitrogens with zero attached hydrogens (tertiary/aromatic N) is 5. The molecule has 8 nitrogen and oxygen atoms in total. The molecule has 0 fully saturated rings. The second-order valence-corrected chi connectivity index (χ2v) is 8.21. The second-order valence-electron chi connectivity index (χ2n) is 6.00. The lowest BCUT2D eigenvalue weighted by molar-refractivity contribution is 0.366. The molecule has 2 N–H and O–H groups in total. The average molecular weight is 330 g/mol. The van der Waals surface area contributed by atoms with Gasteiger partial charge in [0, 0.05) is 5.54 Å². The van der Waals surface area contributed by atoms with Gasteiger partial charge in [0.05, 0.1) is 5.69 Å². The van der Waals surface area contributed by atoms with Crippen molar-refractivity contribution in [3.05, 3.63) is 5.69 Å². The van der Waals surface area contributed by atoms with Crippen molar-refractivity contribution in [3.63, 3.8) is 0 Å². The second kappa shape index (κ2) is 5.11. The van der Waals surface area contributed by atoms with Crippen molar-refractivity contribution in [3.8, 4) is 10.7 Å². The van der Waals surface area contributed by atoms with Crippen molar-refractivity contribution in [1.82, 2.24) is 24.4 Å². The Balaban J connectivity index is 2.77. The first kappa shape index (κ1) is 16.0. The number of primary sulfonamides is 1. The summed E-state index contributed by atoms with van der Waals surface area (Å²) in [5.41, 5.74) is 0.206. The average Bonchev–Trinajstić information content (AvgIpc) is 2.93. The zero-order valence-electron chi connectivity index (χ0n) is 12.5. The molecule has 2 heterocycles. The topological polar surface area (TPSA) is 117 Å². The molecule has 0 amide bonds. The molecule has 0 aliphatic rings. The molecule has 0 radical (unpaired) electrons. The number of sulfonamides is 1. The summed E-state index contributed by atoms with van der Waals surface area (Å²) in [6.07, 6.45) is 0. The summed E-state index contributed by atoms with van der Waals surface area (Å²) in [5.74, 6) is 0.562. The van der Waals surface area contributed by atoms with E-state index in [1.54, 1.807) is 0 Å².